The molecular weight excluding hydrogens is 290 g/mol. The number of aliphatic hydroxyl groups is 1. The first kappa shape index (κ1) is 17.3. The van der Waals surface area contributed by atoms with Crippen LogP contribution in [0.4, 0.5) is 0 Å². The Bertz CT molecular complexity index is 569. The minimum Gasteiger partial charge on any atom is -0.489 e. The van der Waals surface area contributed by atoms with Crippen molar-refractivity contribution in [2.45, 2.75) is 39.2 Å². The van der Waals surface area contributed by atoms with Crippen molar-refractivity contribution >= 4 is 0 Å². The quantitative estimate of drug-likeness (QED) is 0.733. The van der Waals surface area contributed by atoms with E-state index in [-0.39, 0.29) is 0 Å². The normalized spacial score (nSPS) is 13.6. The van der Waals surface area contributed by atoms with Crippen molar-refractivity contribution in [2.75, 3.05) is 0 Å². The van der Waals surface area contributed by atoms with E-state index in [4.69, 9.17) is 15.2 Å². The summed E-state index contributed by atoms with van der Waals surface area (Å²) in [6, 6.07) is 17.2. The molecule has 0 saturated carbocycles. The maximum absolute atomic E-state index is 9.94. The molecule has 0 heterocycles. The van der Waals surface area contributed by atoms with Gasteiger partial charge in [-0.05, 0) is 42.2 Å². The first-order chi connectivity index (χ1) is 11.0. The number of benzene rings is 2. The third-order valence-electron chi connectivity index (χ3n) is 3.44. The lowest BCUT2D eigenvalue weighted by Crippen LogP contribution is -2.40. The van der Waals surface area contributed by atoms with E-state index < -0.39 is 12.3 Å². The molecule has 0 aliphatic rings. The van der Waals surface area contributed by atoms with Gasteiger partial charge in [0.2, 0.25) is 0 Å². The minimum atomic E-state index is -0.728. The van der Waals surface area contributed by atoms with Gasteiger partial charge in [0.15, 0.2) is 6.23 Å². The van der Waals surface area contributed by atoms with Crippen molar-refractivity contribution in [2.24, 2.45) is 11.7 Å². The summed E-state index contributed by atoms with van der Waals surface area (Å²) in [5.74, 6) is 1.75. The van der Waals surface area contributed by atoms with Crippen LogP contribution in [0.25, 0.3) is 0 Å². The number of nitrogens with two attached hydrogens (primary N) is 1. The molecule has 23 heavy (non-hydrogen) atoms. The van der Waals surface area contributed by atoms with Crippen LogP contribution in [-0.4, -0.2) is 17.4 Å². The van der Waals surface area contributed by atoms with Gasteiger partial charge in [-0.3, -0.25) is 5.73 Å². The average Bonchev–Trinajstić information content (AvgIpc) is 2.54. The van der Waals surface area contributed by atoms with Gasteiger partial charge in [-0.1, -0.05) is 44.2 Å². The van der Waals surface area contributed by atoms with E-state index in [1.165, 1.54) is 0 Å². The van der Waals surface area contributed by atoms with Crippen LogP contribution in [0.5, 0.6) is 11.5 Å². The van der Waals surface area contributed by atoms with Crippen LogP contribution in [0.1, 0.15) is 25.8 Å². The number of ether oxygens (including phenoxy) is 2. The zero-order chi connectivity index (χ0) is 16.7. The van der Waals surface area contributed by atoms with Crippen molar-refractivity contribution < 1.29 is 14.6 Å². The van der Waals surface area contributed by atoms with Gasteiger partial charge in [0, 0.05) is 0 Å². The van der Waals surface area contributed by atoms with Gasteiger partial charge >= 0.3 is 0 Å². The van der Waals surface area contributed by atoms with Gasteiger partial charge in [-0.2, -0.15) is 0 Å². The predicted molar refractivity (Wildman–Crippen MR) is 91.3 cm³/mol. The molecule has 0 spiro atoms. The molecule has 3 N–H and O–H groups in total. The van der Waals surface area contributed by atoms with E-state index in [9.17, 15) is 5.11 Å². The van der Waals surface area contributed by atoms with Crippen molar-refractivity contribution in [1.82, 2.24) is 0 Å². The highest BCUT2D eigenvalue weighted by atomic mass is 16.5. The van der Waals surface area contributed by atoms with E-state index in [0.29, 0.717) is 24.7 Å². The summed E-state index contributed by atoms with van der Waals surface area (Å²) in [5.41, 5.74) is 6.98. The Morgan fingerprint density at radius 2 is 1.57 bits per heavy atom. The van der Waals surface area contributed by atoms with Crippen LogP contribution in [0.3, 0.4) is 0 Å². The van der Waals surface area contributed by atoms with E-state index in [1.54, 1.807) is 12.1 Å². The maximum atomic E-state index is 9.94. The lowest BCUT2D eigenvalue weighted by atomic mass is 10.1. The average molecular weight is 315 g/mol. The molecule has 2 atom stereocenters. The number of hydrogen-bond acceptors (Lipinski definition) is 4. The first-order valence-electron chi connectivity index (χ1n) is 7.91. The second kappa shape index (κ2) is 8.56. The molecule has 2 rings (SSSR count). The van der Waals surface area contributed by atoms with Crippen molar-refractivity contribution in [3.8, 4) is 11.5 Å². The molecule has 0 aliphatic carbocycles. The number of aliphatic hydroxyl groups excluding tert-OH is 1. The van der Waals surface area contributed by atoms with Gasteiger partial charge in [0.05, 0.1) is 0 Å². The SMILES string of the molecule is CC(C)CC(O)[C@@H](N)Oc1ccc(OCc2ccccc2)cc1. The van der Waals surface area contributed by atoms with Gasteiger partial charge in [0.1, 0.15) is 24.2 Å². The third kappa shape index (κ3) is 5.93. The van der Waals surface area contributed by atoms with Crippen molar-refractivity contribution in [1.29, 1.82) is 0 Å². The molecule has 0 amide bonds. The largest absolute Gasteiger partial charge is 0.489 e. The summed E-state index contributed by atoms with van der Waals surface area (Å²) in [6.45, 7) is 4.59. The molecule has 4 heteroatoms. The Labute approximate surface area is 137 Å². The Balaban J connectivity index is 1.84. The molecule has 0 radical (unpaired) electrons. The van der Waals surface area contributed by atoms with Gasteiger partial charge < -0.3 is 14.6 Å². The van der Waals surface area contributed by atoms with Gasteiger partial charge in [-0.25, -0.2) is 0 Å². The van der Waals surface area contributed by atoms with E-state index in [2.05, 4.69) is 0 Å². The molecule has 2 aromatic rings. The summed E-state index contributed by atoms with van der Waals surface area (Å²) < 4.78 is 11.3. The van der Waals surface area contributed by atoms with Gasteiger partial charge in [0.25, 0.3) is 0 Å². The minimum absolute atomic E-state index is 0.369. The summed E-state index contributed by atoms with van der Waals surface area (Å²) in [5, 5.41) is 9.94. The van der Waals surface area contributed by atoms with Crippen LogP contribution < -0.4 is 15.2 Å². The standard InChI is InChI=1S/C19H25NO3/c1-14(2)12-18(21)19(20)23-17-10-8-16(9-11-17)22-13-15-6-4-3-5-7-15/h3-11,14,18-19,21H,12-13,20H2,1-2H3/t18?,19-/m0/s1. The van der Waals surface area contributed by atoms with Crippen LogP contribution in [0, 0.1) is 5.92 Å². The van der Waals surface area contributed by atoms with Crippen LogP contribution >= 0.6 is 0 Å². The summed E-state index contributed by atoms with van der Waals surface area (Å²) >= 11 is 0. The lowest BCUT2D eigenvalue weighted by Gasteiger charge is -2.21. The Morgan fingerprint density at radius 3 is 2.17 bits per heavy atom. The van der Waals surface area contributed by atoms with E-state index >= 15 is 0 Å². The molecule has 124 valence electrons. The van der Waals surface area contributed by atoms with Crippen molar-refractivity contribution in [3.63, 3.8) is 0 Å². The molecule has 0 aromatic heterocycles. The molecule has 0 bridgehead atoms. The predicted octanol–water partition coefficient (Wildman–Crippen LogP) is 3.34. The molecule has 1 unspecified atom stereocenters. The van der Waals surface area contributed by atoms with E-state index in [0.717, 1.165) is 11.3 Å². The highest BCUT2D eigenvalue weighted by Crippen LogP contribution is 2.20. The summed E-state index contributed by atoms with van der Waals surface area (Å²) in [6.07, 6.45) is -0.795. The van der Waals surface area contributed by atoms with Crippen LogP contribution in [-0.2, 0) is 6.61 Å². The summed E-state index contributed by atoms with van der Waals surface area (Å²) in [7, 11) is 0. The third-order valence-corrected chi connectivity index (χ3v) is 3.44. The molecular formula is C19H25NO3. The van der Waals surface area contributed by atoms with Crippen LogP contribution in [0.15, 0.2) is 54.6 Å². The molecule has 0 aliphatic heterocycles. The fraction of sp³-hybridized carbons (Fsp3) is 0.368. The number of rotatable bonds is 8. The zero-order valence-electron chi connectivity index (χ0n) is 13.7. The fourth-order valence-electron chi connectivity index (χ4n) is 2.21. The smallest absolute Gasteiger partial charge is 0.173 e. The maximum Gasteiger partial charge on any atom is 0.173 e. The highest BCUT2D eigenvalue weighted by Gasteiger charge is 2.17. The number of hydrogen-bond donors (Lipinski definition) is 2. The molecule has 2 aromatic carbocycles. The van der Waals surface area contributed by atoms with Crippen LogP contribution in [0.2, 0.25) is 0 Å². The highest BCUT2D eigenvalue weighted by molar-refractivity contribution is 5.31. The van der Waals surface area contributed by atoms with Crippen molar-refractivity contribution in [3.05, 3.63) is 60.2 Å². The molecule has 0 fully saturated rings. The Kier molecular flexibility index (Phi) is 6.44. The summed E-state index contributed by atoms with van der Waals surface area (Å²) in [4.78, 5) is 0. The first-order valence-corrected chi connectivity index (χ1v) is 7.91. The van der Waals surface area contributed by atoms with Gasteiger partial charge in [-0.15, -0.1) is 0 Å². The second-order valence-corrected chi connectivity index (χ2v) is 6.03. The molecule has 4 nitrogen and oxygen atoms in total. The lowest BCUT2D eigenvalue weighted by molar-refractivity contribution is 0.0268. The van der Waals surface area contributed by atoms with E-state index in [1.807, 2.05) is 56.3 Å². The Hall–Kier alpha value is -2.04. The second-order valence-electron chi connectivity index (χ2n) is 6.03. The monoisotopic (exact) mass is 315 g/mol. The Morgan fingerprint density at radius 1 is 0.957 bits per heavy atom. The molecule has 0 saturated heterocycles. The zero-order valence-corrected chi connectivity index (χ0v) is 13.7. The topological polar surface area (TPSA) is 64.7 Å². The fourth-order valence-corrected chi connectivity index (χ4v) is 2.21.